The van der Waals surface area contributed by atoms with Gasteiger partial charge >= 0.3 is 5.76 Å². The van der Waals surface area contributed by atoms with E-state index >= 15 is 0 Å². The van der Waals surface area contributed by atoms with Gasteiger partial charge in [-0.3, -0.25) is 4.98 Å². The van der Waals surface area contributed by atoms with Crippen molar-refractivity contribution in [3.05, 3.63) is 82.9 Å². The maximum absolute atomic E-state index is 11.3. The molecule has 2 aromatic carbocycles. The van der Waals surface area contributed by atoms with Crippen LogP contribution in [0, 0.1) is 0 Å². The first kappa shape index (κ1) is 16.1. The Hall–Kier alpha value is -4.07. The van der Waals surface area contributed by atoms with Gasteiger partial charge in [0, 0.05) is 23.5 Å². The second-order valence-electron chi connectivity index (χ2n) is 6.19. The van der Waals surface area contributed by atoms with Crippen molar-refractivity contribution in [2.75, 3.05) is 0 Å². The summed E-state index contributed by atoms with van der Waals surface area (Å²) in [5.41, 5.74) is 3.76. The van der Waals surface area contributed by atoms with Gasteiger partial charge in [-0.25, -0.2) is 14.8 Å². The monoisotopic (exact) mass is 371 g/mol. The van der Waals surface area contributed by atoms with Crippen molar-refractivity contribution in [1.82, 2.24) is 25.1 Å². The lowest BCUT2D eigenvalue weighted by Gasteiger charge is -2.00. The minimum Gasteiger partial charge on any atom is -0.408 e. The quantitative estimate of drug-likeness (QED) is 0.516. The molecule has 0 unspecified atom stereocenters. The summed E-state index contributed by atoms with van der Waals surface area (Å²) in [5, 5.41) is 4.08. The summed E-state index contributed by atoms with van der Waals surface area (Å²) in [6.45, 7) is 0. The Labute approximate surface area is 157 Å². The van der Waals surface area contributed by atoms with Gasteiger partial charge in [-0.1, -0.05) is 29.4 Å². The van der Waals surface area contributed by atoms with E-state index in [4.69, 9.17) is 8.94 Å². The third kappa shape index (κ3) is 3.07. The van der Waals surface area contributed by atoms with Gasteiger partial charge in [0.2, 0.25) is 11.7 Å². The zero-order chi connectivity index (χ0) is 18.9. The predicted molar refractivity (Wildman–Crippen MR) is 100 cm³/mol. The van der Waals surface area contributed by atoms with Gasteiger partial charge in [-0.05, 0) is 29.8 Å². The third-order valence-corrected chi connectivity index (χ3v) is 4.25. The van der Waals surface area contributed by atoms with Crippen LogP contribution in [-0.2, 0) is 6.42 Å². The van der Waals surface area contributed by atoms with E-state index in [0.717, 1.165) is 16.7 Å². The normalized spacial score (nSPS) is 11.1. The summed E-state index contributed by atoms with van der Waals surface area (Å²) in [7, 11) is 0. The van der Waals surface area contributed by atoms with Gasteiger partial charge in [0.05, 0.1) is 11.9 Å². The highest BCUT2D eigenvalue weighted by Crippen LogP contribution is 2.23. The maximum Gasteiger partial charge on any atom is 0.417 e. The van der Waals surface area contributed by atoms with Crippen LogP contribution in [0.25, 0.3) is 33.9 Å². The predicted octanol–water partition coefficient (Wildman–Crippen LogP) is 3.22. The van der Waals surface area contributed by atoms with Crippen LogP contribution in [0.4, 0.5) is 0 Å². The first-order chi connectivity index (χ1) is 13.7. The minimum atomic E-state index is -0.477. The van der Waals surface area contributed by atoms with E-state index in [2.05, 4.69) is 25.1 Å². The van der Waals surface area contributed by atoms with Crippen LogP contribution in [0.15, 0.2) is 74.7 Å². The van der Waals surface area contributed by atoms with Crippen LogP contribution < -0.4 is 5.76 Å². The number of fused-ring (bicyclic) bond motifs is 1. The Balaban J connectivity index is 1.42. The molecule has 3 heterocycles. The zero-order valence-electron chi connectivity index (χ0n) is 14.5. The molecule has 0 bridgehead atoms. The van der Waals surface area contributed by atoms with E-state index in [1.165, 1.54) is 0 Å². The number of nitrogens with one attached hydrogen (secondary N) is 1. The fourth-order valence-electron chi connectivity index (χ4n) is 2.97. The molecule has 0 saturated heterocycles. The molecular formula is C20H13N5O3. The molecule has 0 spiro atoms. The fourth-order valence-corrected chi connectivity index (χ4v) is 2.97. The van der Waals surface area contributed by atoms with Crippen LogP contribution >= 0.6 is 0 Å². The summed E-state index contributed by atoms with van der Waals surface area (Å²) in [5.74, 6) is 1.12. The van der Waals surface area contributed by atoms with Gasteiger partial charge < -0.3 is 8.94 Å². The molecule has 8 nitrogen and oxygen atoms in total. The maximum atomic E-state index is 11.3. The summed E-state index contributed by atoms with van der Waals surface area (Å²) in [6.07, 6.45) is 3.84. The van der Waals surface area contributed by atoms with E-state index in [0.29, 0.717) is 35.1 Å². The molecular weight excluding hydrogens is 358 g/mol. The smallest absolute Gasteiger partial charge is 0.408 e. The largest absolute Gasteiger partial charge is 0.417 e. The number of oxazole rings is 1. The standard InChI is InChI=1S/C20H13N5O3/c26-20-23-15-9-12(5-6-16(15)27-20)10-17-24-19(25-28-17)14-4-1-3-13(11-14)18-21-7-2-8-22-18/h1-9,11H,10H2,(H,23,26). The number of hydrogen-bond acceptors (Lipinski definition) is 7. The number of benzene rings is 2. The van der Waals surface area contributed by atoms with Crippen LogP contribution in [0.2, 0.25) is 0 Å². The Morgan fingerprint density at radius 1 is 0.929 bits per heavy atom. The summed E-state index contributed by atoms with van der Waals surface area (Å²) in [4.78, 5) is 26.9. The van der Waals surface area contributed by atoms with Crippen molar-refractivity contribution in [1.29, 1.82) is 0 Å². The highest BCUT2D eigenvalue weighted by Gasteiger charge is 2.12. The topological polar surface area (TPSA) is 111 Å². The number of hydrogen-bond donors (Lipinski definition) is 1. The average molecular weight is 371 g/mol. The Kier molecular flexibility index (Phi) is 3.79. The lowest BCUT2D eigenvalue weighted by atomic mass is 10.1. The first-order valence-electron chi connectivity index (χ1n) is 8.57. The zero-order valence-corrected chi connectivity index (χ0v) is 14.5. The summed E-state index contributed by atoms with van der Waals surface area (Å²) >= 11 is 0. The molecule has 5 aromatic rings. The van der Waals surface area contributed by atoms with Crippen molar-refractivity contribution < 1.29 is 8.94 Å². The third-order valence-electron chi connectivity index (χ3n) is 4.25. The summed E-state index contributed by atoms with van der Waals surface area (Å²) < 4.78 is 10.4. The molecule has 3 aromatic heterocycles. The fraction of sp³-hybridized carbons (Fsp3) is 0.0500. The molecule has 0 amide bonds. The van der Waals surface area contributed by atoms with Gasteiger partial charge in [0.25, 0.3) is 0 Å². The van der Waals surface area contributed by atoms with E-state index in [1.54, 1.807) is 24.5 Å². The molecule has 8 heteroatoms. The molecule has 0 saturated carbocycles. The van der Waals surface area contributed by atoms with Crippen molar-refractivity contribution >= 4 is 11.1 Å². The van der Waals surface area contributed by atoms with E-state index in [1.807, 2.05) is 36.4 Å². The van der Waals surface area contributed by atoms with Gasteiger partial charge in [0.15, 0.2) is 11.4 Å². The molecule has 0 aliphatic heterocycles. The molecule has 0 aliphatic carbocycles. The number of aromatic nitrogens is 5. The van der Waals surface area contributed by atoms with Crippen LogP contribution in [0.1, 0.15) is 11.5 Å². The van der Waals surface area contributed by atoms with Gasteiger partial charge in [-0.15, -0.1) is 0 Å². The lowest BCUT2D eigenvalue weighted by Crippen LogP contribution is -1.93. The molecule has 28 heavy (non-hydrogen) atoms. The Bertz CT molecular complexity index is 1320. The molecule has 1 N–H and O–H groups in total. The van der Waals surface area contributed by atoms with Crippen molar-refractivity contribution in [2.24, 2.45) is 0 Å². The molecule has 0 atom stereocenters. The number of H-pyrrole nitrogens is 1. The highest BCUT2D eigenvalue weighted by atomic mass is 16.5. The summed E-state index contributed by atoms with van der Waals surface area (Å²) in [6, 6.07) is 14.9. The minimum absolute atomic E-state index is 0.442. The van der Waals surface area contributed by atoms with Crippen molar-refractivity contribution in [3.8, 4) is 22.8 Å². The molecule has 0 aliphatic rings. The lowest BCUT2D eigenvalue weighted by molar-refractivity contribution is 0.386. The first-order valence-corrected chi connectivity index (χ1v) is 8.57. The number of nitrogens with zero attached hydrogens (tertiary/aromatic N) is 4. The van der Waals surface area contributed by atoms with Crippen molar-refractivity contribution in [2.45, 2.75) is 6.42 Å². The van der Waals surface area contributed by atoms with E-state index in [9.17, 15) is 4.79 Å². The second-order valence-corrected chi connectivity index (χ2v) is 6.19. The number of aromatic amines is 1. The molecule has 5 rings (SSSR count). The van der Waals surface area contributed by atoms with Crippen LogP contribution in [0.3, 0.4) is 0 Å². The number of rotatable bonds is 4. The molecule has 0 radical (unpaired) electrons. The van der Waals surface area contributed by atoms with Gasteiger partial charge in [0.1, 0.15) is 0 Å². The SMILES string of the molecule is O=c1[nH]c2cc(Cc3nc(-c4cccc(-c5ncccn5)c4)no3)ccc2o1. The highest BCUT2D eigenvalue weighted by molar-refractivity contribution is 5.72. The van der Waals surface area contributed by atoms with Crippen LogP contribution in [-0.4, -0.2) is 25.1 Å². The van der Waals surface area contributed by atoms with Gasteiger partial charge in [-0.2, -0.15) is 4.98 Å². The molecule has 136 valence electrons. The second kappa shape index (κ2) is 6.58. The van der Waals surface area contributed by atoms with E-state index in [-0.39, 0.29) is 0 Å². The Morgan fingerprint density at radius 3 is 2.61 bits per heavy atom. The van der Waals surface area contributed by atoms with E-state index < -0.39 is 5.76 Å². The Morgan fingerprint density at radius 2 is 1.75 bits per heavy atom. The van der Waals surface area contributed by atoms with Crippen LogP contribution in [0.5, 0.6) is 0 Å². The van der Waals surface area contributed by atoms with Crippen molar-refractivity contribution in [3.63, 3.8) is 0 Å². The average Bonchev–Trinajstić information content (AvgIpc) is 3.34. The molecule has 0 fully saturated rings.